The van der Waals surface area contributed by atoms with Crippen LogP contribution in [-0.2, 0) is 0 Å². The molecule has 0 aliphatic carbocycles. The van der Waals surface area contributed by atoms with Crippen LogP contribution in [0, 0.1) is 0 Å². The molecular formula is C17H18N2. The van der Waals surface area contributed by atoms with Gasteiger partial charge in [0.15, 0.2) is 0 Å². The van der Waals surface area contributed by atoms with E-state index in [-0.39, 0.29) is 6.04 Å². The molecule has 1 aliphatic rings. The maximum absolute atomic E-state index is 3.53. The predicted octanol–water partition coefficient (Wildman–Crippen LogP) is 3.48. The summed E-state index contributed by atoms with van der Waals surface area (Å²) in [5, 5.41) is 2.17. The molecule has 0 saturated carbocycles. The van der Waals surface area contributed by atoms with Gasteiger partial charge in [0.2, 0.25) is 0 Å². The topological polar surface area (TPSA) is 15.3 Å². The van der Waals surface area contributed by atoms with Crippen LogP contribution in [0.3, 0.4) is 0 Å². The summed E-state index contributed by atoms with van der Waals surface area (Å²) < 4.78 is 0. The number of nitrogens with one attached hydrogen (secondary N) is 1. The molecule has 96 valence electrons. The van der Waals surface area contributed by atoms with Crippen molar-refractivity contribution in [1.82, 2.24) is 10.4 Å². The Balaban J connectivity index is 1.83. The Labute approximate surface area is 114 Å². The zero-order chi connectivity index (χ0) is 13.1. The fourth-order valence-corrected chi connectivity index (χ4v) is 2.52. The highest BCUT2D eigenvalue weighted by atomic mass is 15.5. The second-order valence-corrected chi connectivity index (χ2v) is 4.87. The number of nitrogens with zero attached hydrogens (tertiary/aromatic N) is 1. The van der Waals surface area contributed by atoms with E-state index in [1.54, 1.807) is 0 Å². The molecule has 2 atom stereocenters. The van der Waals surface area contributed by atoms with Gasteiger partial charge >= 0.3 is 0 Å². The molecule has 0 bridgehead atoms. The van der Waals surface area contributed by atoms with Gasteiger partial charge in [-0.1, -0.05) is 72.8 Å². The Morgan fingerprint density at radius 3 is 1.95 bits per heavy atom. The SMILES string of the molecule is CN1NC(c2ccccc2)C=CC1c1ccccc1. The molecular weight excluding hydrogens is 232 g/mol. The van der Waals surface area contributed by atoms with Gasteiger partial charge in [-0.2, -0.15) is 0 Å². The summed E-state index contributed by atoms with van der Waals surface area (Å²) >= 11 is 0. The van der Waals surface area contributed by atoms with E-state index in [1.807, 2.05) is 6.07 Å². The molecule has 0 aromatic heterocycles. The third-order valence-corrected chi connectivity index (χ3v) is 3.55. The van der Waals surface area contributed by atoms with Crippen LogP contribution in [0.4, 0.5) is 0 Å². The lowest BCUT2D eigenvalue weighted by atomic mass is 10.00. The molecule has 2 unspecified atom stereocenters. The van der Waals surface area contributed by atoms with Crippen molar-refractivity contribution in [3.8, 4) is 0 Å². The molecule has 1 aliphatic heterocycles. The average molecular weight is 250 g/mol. The molecule has 3 rings (SSSR count). The van der Waals surface area contributed by atoms with Gasteiger partial charge in [-0.25, -0.2) is 10.4 Å². The van der Waals surface area contributed by atoms with E-state index < -0.39 is 0 Å². The lowest BCUT2D eigenvalue weighted by molar-refractivity contribution is 0.163. The summed E-state index contributed by atoms with van der Waals surface area (Å²) in [6.07, 6.45) is 4.51. The van der Waals surface area contributed by atoms with Crippen molar-refractivity contribution >= 4 is 0 Å². The second kappa shape index (κ2) is 5.39. The normalized spacial score (nSPS) is 23.4. The molecule has 19 heavy (non-hydrogen) atoms. The first-order valence-corrected chi connectivity index (χ1v) is 6.62. The highest BCUT2D eigenvalue weighted by molar-refractivity contribution is 5.29. The Morgan fingerprint density at radius 1 is 0.789 bits per heavy atom. The maximum atomic E-state index is 3.53. The lowest BCUT2D eigenvalue weighted by Gasteiger charge is -2.34. The molecule has 1 N–H and O–H groups in total. The van der Waals surface area contributed by atoms with Crippen LogP contribution in [0.1, 0.15) is 23.2 Å². The zero-order valence-electron chi connectivity index (χ0n) is 11.0. The predicted molar refractivity (Wildman–Crippen MR) is 78.4 cm³/mol. The molecule has 2 nitrogen and oxygen atoms in total. The van der Waals surface area contributed by atoms with E-state index in [1.165, 1.54) is 11.1 Å². The number of hydrazine groups is 1. The van der Waals surface area contributed by atoms with Crippen molar-refractivity contribution in [2.24, 2.45) is 0 Å². The van der Waals surface area contributed by atoms with Crippen molar-refractivity contribution in [3.05, 3.63) is 83.9 Å². The summed E-state index contributed by atoms with van der Waals surface area (Å²) in [4.78, 5) is 0. The number of benzene rings is 2. The Bertz CT molecular complexity index is 548. The van der Waals surface area contributed by atoms with Crippen LogP contribution in [0.5, 0.6) is 0 Å². The number of hydrogen-bond acceptors (Lipinski definition) is 2. The molecule has 0 amide bonds. The Kier molecular flexibility index (Phi) is 3.45. The van der Waals surface area contributed by atoms with Gasteiger partial charge in [-0.3, -0.25) is 0 Å². The quantitative estimate of drug-likeness (QED) is 0.821. The summed E-state index contributed by atoms with van der Waals surface area (Å²) in [7, 11) is 2.09. The molecule has 0 spiro atoms. The minimum Gasteiger partial charge on any atom is -0.243 e. The molecule has 2 aromatic rings. The smallest absolute Gasteiger partial charge is 0.0671 e. The molecule has 0 saturated heterocycles. The van der Waals surface area contributed by atoms with Gasteiger partial charge in [0.05, 0.1) is 12.1 Å². The van der Waals surface area contributed by atoms with E-state index in [0.717, 1.165) is 0 Å². The van der Waals surface area contributed by atoms with Crippen LogP contribution in [-0.4, -0.2) is 12.1 Å². The minimum absolute atomic E-state index is 0.256. The Hall–Kier alpha value is -1.90. The summed E-state index contributed by atoms with van der Waals surface area (Å²) in [6.45, 7) is 0. The molecule has 1 heterocycles. The van der Waals surface area contributed by atoms with E-state index in [9.17, 15) is 0 Å². The molecule has 0 fully saturated rings. The Morgan fingerprint density at radius 2 is 1.37 bits per heavy atom. The minimum atomic E-state index is 0.256. The van der Waals surface area contributed by atoms with Gasteiger partial charge < -0.3 is 0 Å². The first-order valence-electron chi connectivity index (χ1n) is 6.62. The third-order valence-electron chi connectivity index (χ3n) is 3.55. The van der Waals surface area contributed by atoms with Crippen LogP contribution in [0.15, 0.2) is 72.8 Å². The molecule has 0 radical (unpaired) electrons. The van der Waals surface area contributed by atoms with Crippen molar-refractivity contribution in [1.29, 1.82) is 0 Å². The molecule has 2 aromatic carbocycles. The second-order valence-electron chi connectivity index (χ2n) is 4.87. The van der Waals surface area contributed by atoms with Crippen LogP contribution < -0.4 is 5.43 Å². The highest BCUT2D eigenvalue weighted by Gasteiger charge is 2.21. The van der Waals surface area contributed by atoms with Gasteiger partial charge in [0, 0.05) is 7.05 Å². The zero-order valence-corrected chi connectivity index (χ0v) is 11.0. The first kappa shape index (κ1) is 12.2. The number of rotatable bonds is 2. The van der Waals surface area contributed by atoms with Gasteiger partial charge in [0.1, 0.15) is 0 Å². The van der Waals surface area contributed by atoms with Gasteiger partial charge in [-0.15, -0.1) is 0 Å². The number of hydrogen-bond donors (Lipinski definition) is 1. The van der Waals surface area contributed by atoms with Crippen LogP contribution >= 0.6 is 0 Å². The standard InChI is InChI=1S/C17H18N2/c1-19-17(15-10-6-3-7-11-15)13-12-16(18-19)14-8-4-2-5-9-14/h2-13,16-18H,1H3. The van der Waals surface area contributed by atoms with E-state index in [4.69, 9.17) is 0 Å². The lowest BCUT2D eigenvalue weighted by Crippen LogP contribution is -2.41. The first-order chi connectivity index (χ1) is 9.34. The van der Waals surface area contributed by atoms with E-state index >= 15 is 0 Å². The summed E-state index contributed by atoms with van der Waals surface area (Å²) in [6, 6.07) is 21.6. The summed E-state index contributed by atoms with van der Waals surface area (Å²) in [5.74, 6) is 0. The van der Waals surface area contributed by atoms with Crippen molar-refractivity contribution in [3.63, 3.8) is 0 Å². The summed E-state index contributed by atoms with van der Waals surface area (Å²) in [5.41, 5.74) is 6.12. The van der Waals surface area contributed by atoms with Crippen LogP contribution in [0.2, 0.25) is 0 Å². The third kappa shape index (κ3) is 2.60. The van der Waals surface area contributed by atoms with E-state index in [0.29, 0.717) is 6.04 Å². The largest absolute Gasteiger partial charge is 0.243 e. The van der Waals surface area contributed by atoms with Crippen molar-refractivity contribution < 1.29 is 0 Å². The highest BCUT2D eigenvalue weighted by Crippen LogP contribution is 2.27. The monoisotopic (exact) mass is 250 g/mol. The number of likely N-dealkylation sites (N-methyl/N-ethyl adjacent to an activating group) is 1. The van der Waals surface area contributed by atoms with Crippen molar-refractivity contribution in [2.75, 3.05) is 7.05 Å². The average Bonchev–Trinajstić information content (AvgIpc) is 2.49. The fourth-order valence-electron chi connectivity index (χ4n) is 2.52. The van der Waals surface area contributed by atoms with Crippen molar-refractivity contribution in [2.45, 2.75) is 12.1 Å². The fraction of sp³-hybridized carbons (Fsp3) is 0.176. The molecule has 2 heteroatoms. The van der Waals surface area contributed by atoms with Crippen LogP contribution in [0.25, 0.3) is 0 Å². The van der Waals surface area contributed by atoms with E-state index in [2.05, 4.69) is 84.2 Å². The van der Waals surface area contributed by atoms with Gasteiger partial charge in [-0.05, 0) is 11.1 Å². The van der Waals surface area contributed by atoms with Gasteiger partial charge in [0.25, 0.3) is 0 Å². The maximum Gasteiger partial charge on any atom is 0.0671 e.